The average molecular weight is 422 g/mol. The molecule has 29 heavy (non-hydrogen) atoms. The Kier molecular flexibility index (Phi) is 6.51. The largest absolute Gasteiger partial charge is 0.481 e. The second kappa shape index (κ2) is 8.89. The molecule has 0 radical (unpaired) electrons. The van der Waals surface area contributed by atoms with E-state index in [1.54, 1.807) is 26.0 Å². The highest BCUT2D eigenvalue weighted by Crippen LogP contribution is 2.24. The maximum atomic E-state index is 13.0. The minimum Gasteiger partial charge on any atom is -0.481 e. The molecule has 0 aromatic heterocycles. The normalized spacial score (nSPS) is 16.2. The Morgan fingerprint density at radius 3 is 2.48 bits per heavy atom. The van der Waals surface area contributed by atoms with Crippen LogP contribution in [0.1, 0.15) is 12.5 Å². The van der Waals surface area contributed by atoms with Gasteiger partial charge in [0.2, 0.25) is 10.0 Å². The van der Waals surface area contributed by atoms with Gasteiger partial charge in [-0.15, -0.1) is 0 Å². The maximum absolute atomic E-state index is 13.0. The average Bonchev–Trinajstić information content (AvgIpc) is 2.71. The van der Waals surface area contributed by atoms with E-state index in [1.165, 1.54) is 34.6 Å². The Balaban J connectivity index is 1.73. The molecule has 3 rings (SSSR count). The second-order valence-electron chi connectivity index (χ2n) is 6.70. The van der Waals surface area contributed by atoms with Crippen molar-refractivity contribution in [1.82, 2.24) is 4.31 Å². The molecule has 2 aromatic carbocycles. The minimum atomic E-state index is -3.69. The van der Waals surface area contributed by atoms with Crippen molar-refractivity contribution < 1.29 is 27.1 Å². The zero-order valence-electron chi connectivity index (χ0n) is 16.2. The van der Waals surface area contributed by atoms with Crippen molar-refractivity contribution in [2.45, 2.75) is 24.8 Å². The van der Waals surface area contributed by atoms with Crippen molar-refractivity contribution in [2.24, 2.45) is 0 Å². The number of ether oxygens (including phenoxy) is 2. The molecule has 1 aliphatic heterocycles. The number of hydrogen-bond acceptors (Lipinski definition) is 5. The third kappa shape index (κ3) is 5.11. The fourth-order valence-corrected chi connectivity index (χ4v) is 4.56. The van der Waals surface area contributed by atoms with Gasteiger partial charge in [-0.25, -0.2) is 12.8 Å². The van der Waals surface area contributed by atoms with Crippen molar-refractivity contribution in [2.75, 3.05) is 31.6 Å². The van der Waals surface area contributed by atoms with Crippen LogP contribution in [0.15, 0.2) is 47.4 Å². The van der Waals surface area contributed by atoms with Crippen LogP contribution in [0.2, 0.25) is 0 Å². The Bertz CT molecular complexity index is 973. The topological polar surface area (TPSA) is 84.9 Å². The number of amides is 1. The van der Waals surface area contributed by atoms with Gasteiger partial charge in [-0.05, 0) is 55.8 Å². The van der Waals surface area contributed by atoms with Crippen LogP contribution >= 0.6 is 0 Å². The van der Waals surface area contributed by atoms with Crippen molar-refractivity contribution in [1.29, 1.82) is 0 Å². The number of nitrogens with zero attached hydrogens (tertiary/aromatic N) is 1. The first-order chi connectivity index (χ1) is 13.8. The summed E-state index contributed by atoms with van der Waals surface area (Å²) in [6.45, 7) is 4.55. The molecule has 0 bridgehead atoms. The molecule has 1 fully saturated rings. The van der Waals surface area contributed by atoms with E-state index in [0.29, 0.717) is 43.3 Å². The molecular weight excluding hydrogens is 399 g/mol. The standard InChI is InChI=1S/C20H23FN2O5S/c1-14-3-6-17(13-19(14)29(25,26)23-9-11-27-12-10-23)22-20(24)15(2)28-18-7-4-16(21)5-8-18/h3-8,13,15H,9-12H2,1-2H3,(H,22,24). The Hall–Kier alpha value is -2.49. The monoisotopic (exact) mass is 422 g/mol. The van der Waals surface area contributed by atoms with Crippen molar-refractivity contribution in [3.8, 4) is 5.75 Å². The summed E-state index contributed by atoms with van der Waals surface area (Å²) < 4.78 is 51.0. The summed E-state index contributed by atoms with van der Waals surface area (Å²) in [6, 6.07) is 10.1. The fraction of sp³-hybridized carbons (Fsp3) is 0.350. The van der Waals surface area contributed by atoms with E-state index in [0.717, 1.165) is 0 Å². The number of halogens is 1. The number of morpholine rings is 1. The number of benzene rings is 2. The highest BCUT2D eigenvalue weighted by molar-refractivity contribution is 7.89. The van der Waals surface area contributed by atoms with Crippen molar-refractivity contribution in [3.63, 3.8) is 0 Å². The summed E-state index contributed by atoms with van der Waals surface area (Å²) in [5.41, 5.74) is 0.937. The number of carbonyl (C=O) groups is 1. The van der Waals surface area contributed by atoms with Gasteiger partial charge in [0.1, 0.15) is 11.6 Å². The highest BCUT2D eigenvalue weighted by Gasteiger charge is 2.28. The number of rotatable bonds is 6. The predicted octanol–water partition coefficient (Wildman–Crippen LogP) is 2.56. The van der Waals surface area contributed by atoms with Gasteiger partial charge >= 0.3 is 0 Å². The van der Waals surface area contributed by atoms with Gasteiger partial charge in [0.05, 0.1) is 18.1 Å². The van der Waals surface area contributed by atoms with Gasteiger partial charge in [-0.1, -0.05) is 6.07 Å². The third-order valence-electron chi connectivity index (χ3n) is 4.54. The maximum Gasteiger partial charge on any atom is 0.265 e. The zero-order valence-corrected chi connectivity index (χ0v) is 17.0. The first kappa shape index (κ1) is 21.2. The van der Waals surface area contributed by atoms with Gasteiger partial charge in [0.15, 0.2) is 6.10 Å². The van der Waals surface area contributed by atoms with E-state index in [-0.39, 0.29) is 4.90 Å². The SMILES string of the molecule is Cc1ccc(NC(=O)C(C)Oc2ccc(F)cc2)cc1S(=O)(=O)N1CCOCC1. The first-order valence-corrected chi connectivity index (χ1v) is 10.6. The van der Waals surface area contributed by atoms with E-state index in [2.05, 4.69) is 5.32 Å². The van der Waals surface area contributed by atoms with E-state index in [1.807, 2.05) is 0 Å². The molecule has 9 heteroatoms. The molecule has 0 spiro atoms. The smallest absolute Gasteiger partial charge is 0.265 e. The molecule has 0 aliphatic carbocycles. The molecule has 1 saturated heterocycles. The van der Waals surface area contributed by atoms with Gasteiger partial charge < -0.3 is 14.8 Å². The fourth-order valence-electron chi connectivity index (χ4n) is 2.90. The number of anilines is 1. The molecule has 1 atom stereocenters. The number of sulfonamides is 1. The summed E-state index contributed by atoms with van der Waals surface area (Å²) in [6.07, 6.45) is -0.860. The van der Waals surface area contributed by atoms with Crippen LogP contribution in [0.25, 0.3) is 0 Å². The van der Waals surface area contributed by atoms with Crippen LogP contribution < -0.4 is 10.1 Å². The lowest BCUT2D eigenvalue weighted by Gasteiger charge is -2.27. The first-order valence-electron chi connectivity index (χ1n) is 9.19. The summed E-state index contributed by atoms with van der Waals surface area (Å²) in [5.74, 6) is -0.496. The van der Waals surface area contributed by atoms with Crippen LogP contribution in [0.4, 0.5) is 10.1 Å². The minimum absolute atomic E-state index is 0.143. The number of carbonyl (C=O) groups excluding carboxylic acids is 1. The zero-order chi connectivity index (χ0) is 21.0. The van der Waals surface area contributed by atoms with Gasteiger partial charge in [-0.3, -0.25) is 4.79 Å². The molecular formula is C20H23FN2O5S. The lowest BCUT2D eigenvalue weighted by atomic mass is 10.2. The molecule has 7 nitrogen and oxygen atoms in total. The van der Waals surface area contributed by atoms with E-state index < -0.39 is 27.9 Å². The summed E-state index contributed by atoms with van der Waals surface area (Å²) in [7, 11) is -3.69. The number of aryl methyl sites for hydroxylation is 1. The molecule has 1 N–H and O–H groups in total. The van der Waals surface area contributed by atoms with Crippen molar-refractivity contribution in [3.05, 3.63) is 53.8 Å². The Morgan fingerprint density at radius 1 is 1.17 bits per heavy atom. The van der Waals surface area contributed by atoms with E-state index in [4.69, 9.17) is 9.47 Å². The van der Waals surface area contributed by atoms with Gasteiger partial charge in [0.25, 0.3) is 5.91 Å². The summed E-state index contributed by atoms with van der Waals surface area (Å²) in [5, 5.41) is 2.67. The molecule has 0 saturated carbocycles. The lowest BCUT2D eigenvalue weighted by molar-refractivity contribution is -0.122. The van der Waals surface area contributed by atoms with Crippen LogP contribution in [-0.2, 0) is 19.6 Å². The van der Waals surface area contributed by atoms with Crippen LogP contribution in [-0.4, -0.2) is 51.0 Å². The molecule has 2 aromatic rings. The molecule has 1 amide bonds. The quantitative estimate of drug-likeness (QED) is 0.773. The summed E-state index contributed by atoms with van der Waals surface area (Å²) >= 11 is 0. The van der Waals surface area contributed by atoms with Crippen LogP contribution in [0.3, 0.4) is 0 Å². The molecule has 1 aliphatic rings. The van der Waals surface area contributed by atoms with E-state index >= 15 is 0 Å². The van der Waals surface area contributed by atoms with Crippen LogP contribution in [0, 0.1) is 12.7 Å². The van der Waals surface area contributed by atoms with Gasteiger partial charge in [0, 0.05) is 18.8 Å². The lowest BCUT2D eigenvalue weighted by Crippen LogP contribution is -2.40. The molecule has 1 heterocycles. The van der Waals surface area contributed by atoms with Crippen molar-refractivity contribution >= 4 is 21.6 Å². The number of hydrogen-bond donors (Lipinski definition) is 1. The van der Waals surface area contributed by atoms with Gasteiger partial charge in [-0.2, -0.15) is 4.31 Å². The Labute approximate surface area is 169 Å². The summed E-state index contributed by atoms with van der Waals surface area (Å²) in [4.78, 5) is 12.6. The van der Waals surface area contributed by atoms with E-state index in [9.17, 15) is 17.6 Å². The number of nitrogens with one attached hydrogen (secondary N) is 1. The Morgan fingerprint density at radius 2 is 1.83 bits per heavy atom. The third-order valence-corrected chi connectivity index (χ3v) is 6.58. The molecule has 156 valence electrons. The molecule has 1 unspecified atom stereocenters. The predicted molar refractivity (Wildman–Crippen MR) is 106 cm³/mol. The van der Waals surface area contributed by atoms with Crippen LogP contribution in [0.5, 0.6) is 5.75 Å². The highest BCUT2D eigenvalue weighted by atomic mass is 32.2. The second-order valence-corrected chi connectivity index (χ2v) is 8.61.